The average molecular weight is 340 g/mol. The van der Waals surface area contributed by atoms with E-state index in [0.717, 1.165) is 5.56 Å². The van der Waals surface area contributed by atoms with Gasteiger partial charge in [0.15, 0.2) is 0 Å². The maximum Gasteiger partial charge on any atom is 0.355 e. The van der Waals surface area contributed by atoms with E-state index in [1.54, 1.807) is 24.7 Å². The fourth-order valence-electron chi connectivity index (χ4n) is 2.59. The maximum absolute atomic E-state index is 12.3. The molecule has 4 nitrogen and oxygen atoms in total. The van der Waals surface area contributed by atoms with Gasteiger partial charge in [0.25, 0.3) is 0 Å². The molecule has 1 aromatic carbocycles. The number of aryl methyl sites for hydroxylation is 1. The second-order valence-corrected chi connectivity index (χ2v) is 6.54. The molecule has 0 bridgehead atoms. The Labute approximate surface area is 151 Å². The molecule has 1 aromatic heterocycles. The monoisotopic (exact) mass is 340 g/mol. The van der Waals surface area contributed by atoms with Crippen molar-refractivity contribution in [1.82, 2.24) is 4.57 Å². The SMILES string of the molecule is CC.CCOC(=O)c1c(-c2ccc(C(C)(C)C)cc2)c(C#N)cn1C. The van der Waals surface area contributed by atoms with Gasteiger partial charge in [-0.15, -0.1) is 0 Å². The largest absolute Gasteiger partial charge is 0.461 e. The molecule has 4 heteroatoms. The van der Waals surface area contributed by atoms with Crippen molar-refractivity contribution in [3.63, 3.8) is 0 Å². The highest BCUT2D eigenvalue weighted by atomic mass is 16.5. The summed E-state index contributed by atoms with van der Waals surface area (Å²) in [5.41, 5.74) is 3.61. The molecule has 0 saturated heterocycles. The first-order valence-electron chi connectivity index (χ1n) is 8.67. The molecule has 0 fully saturated rings. The molecule has 0 atom stereocenters. The van der Waals surface area contributed by atoms with Crippen LogP contribution < -0.4 is 0 Å². The highest BCUT2D eigenvalue weighted by Crippen LogP contribution is 2.31. The zero-order valence-corrected chi connectivity index (χ0v) is 16.3. The number of hydrogen-bond acceptors (Lipinski definition) is 3. The zero-order chi connectivity index (χ0) is 19.2. The second kappa shape index (κ2) is 8.53. The summed E-state index contributed by atoms with van der Waals surface area (Å²) >= 11 is 0. The van der Waals surface area contributed by atoms with Gasteiger partial charge in [-0.25, -0.2) is 4.79 Å². The molecular weight excluding hydrogens is 312 g/mol. The van der Waals surface area contributed by atoms with Crippen LogP contribution in [0.5, 0.6) is 0 Å². The minimum absolute atomic E-state index is 0.0528. The van der Waals surface area contributed by atoms with Crippen molar-refractivity contribution in [3.05, 3.63) is 47.3 Å². The number of nitrogens with zero attached hydrogens (tertiary/aromatic N) is 2. The lowest BCUT2D eigenvalue weighted by atomic mass is 9.86. The van der Waals surface area contributed by atoms with Crippen LogP contribution in [0.3, 0.4) is 0 Å². The van der Waals surface area contributed by atoms with Crippen molar-refractivity contribution in [2.24, 2.45) is 7.05 Å². The van der Waals surface area contributed by atoms with Crippen LogP contribution in [-0.4, -0.2) is 17.1 Å². The Kier molecular flexibility index (Phi) is 6.99. The third-order valence-electron chi connectivity index (χ3n) is 3.81. The number of ether oxygens (including phenoxy) is 1. The predicted octanol–water partition coefficient (Wildman–Crippen LogP) is 5.06. The van der Waals surface area contributed by atoms with Gasteiger partial charge in [0, 0.05) is 18.8 Å². The highest BCUT2D eigenvalue weighted by Gasteiger charge is 2.23. The Bertz CT molecular complexity index is 757. The number of aromatic nitrogens is 1. The fourth-order valence-corrected chi connectivity index (χ4v) is 2.59. The van der Waals surface area contributed by atoms with Gasteiger partial charge in [-0.3, -0.25) is 0 Å². The molecule has 0 amide bonds. The van der Waals surface area contributed by atoms with Gasteiger partial charge >= 0.3 is 5.97 Å². The summed E-state index contributed by atoms with van der Waals surface area (Å²) in [7, 11) is 1.75. The van der Waals surface area contributed by atoms with Crippen molar-refractivity contribution < 1.29 is 9.53 Å². The normalized spacial score (nSPS) is 10.5. The van der Waals surface area contributed by atoms with E-state index in [9.17, 15) is 10.1 Å². The van der Waals surface area contributed by atoms with E-state index in [1.807, 2.05) is 38.1 Å². The van der Waals surface area contributed by atoms with E-state index in [2.05, 4.69) is 26.8 Å². The van der Waals surface area contributed by atoms with Crippen LogP contribution >= 0.6 is 0 Å². The van der Waals surface area contributed by atoms with E-state index in [-0.39, 0.29) is 5.41 Å². The number of esters is 1. The van der Waals surface area contributed by atoms with Gasteiger partial charge in [-0.1, -0.05) is 58.9 Å². The smallest absolute Gasteiger partial charge is 0.355 e. The van der Waals surface area contributed by atoms with Crippen LogP contribution in [0.1, 0.15) is 63.2 Å². The second-order valence-electron chi connectivity index (χ2n) is 6.54. The van der Waals surface area contributed by atoms with E-state index in [0.29, 0.717) is 23.4 Å². The molecule has 1 heterocycles. The number of hydrogen-bond donors (Lipinski definition) is 0. The molecule has 0 spiro atoms. The Morgan fingerprint density at radius 1 is 1.20 bits per heavy atom. The standard InChI is InChI=1S/C19H22N2O2.C2H6/c1-6-23-18(22)17-16(14(11-20)12-21(17)5)13-7-9-15(10-8-13)19(2,3)4;1-2/h7-10,12H,6H2,1-5H3;1-2H3. The number of nitriles is 1. The lowest BCUT2D eigenvalue weighted by Gasteiger charge is -2.19. The summed E-state index contributed by atoms with van der Waals surface area (Å²) in [6, 6.07) is 10.2. The molecule has 2 rings (SSSR count). The van der Waals surface area contributed by atoms with Gasteiger partial charge in [0.05, 0.1) is 12.2 Å². The first kappa shape index (κ1) is 20.5. The Morgan fingerprint density at radius 2 is 1.76 bits per heavy atom. The van der Waals surface area contributed by atoms with Crippen molar-refractivity contribution in [2.75, 3.05) is 6.61 Å². The van der Waals surface area contributed by atoms with Crippen LogP contribution in [0.15, 0.2) is 30.5 Å². The Hall–Kier alpha value is -2.54. The third kappa shape index (κ3) is 4.51. The molecule has 0 unspecified atom stereocenters. The molecule has 0 N–H and O–H groups in total. The van der Waals surface area contributed by atoms with Gasteiger partial charge in [-0.05, 0) is 23.5 Å². The molecule has 0 saturated carbocycles. The molecule has 25 heavy (non-hydrogen) atoms. The van der Waals surface area contributed by atoms with E-state index in [4.69, 9.17) is 4.74 Å². The first-order valence-corrected chi connectivity index (χ1v) is 8.67. The van der Waals surface area contributed by atoms with Crippen LogP contribution in [0.25, 0.3) is 11.1 Å². The molecule has 0 aliphatic carbocycles. The summed E-state index contributed by atoms with van der Waals surface area (Å²) in [4.78, 5) is 12.3. The Balaban J connectivity index is 0.00000151. The number of rotatable bonds is 3. The van der Waals surface area contributed by atoms with Crippen LogP contribution in [0, 0.1) is 11.3 Å². The summed E-state index contributed by atoms with van der Waals surface area (Å²) in [6.45, 7) is 12.5. The van der Waals surface area contributed by atoms with E-state index < -0.39 is 5.97 Å². The quantitative estimate of drug-likeness (QED) is 0.733. The lowest BCUT2D eigenvalue weighted by molar-refractivity contribution is 0.0516. The zero-order valence-electron chi connectivity index (χ0n) is 16.3. The number of benzene rings is 1. The van der Waals surface area contributed by atoms with Crippen molar-refractivity contribution in [3.8, 4) is 17.2 Å². The van der Waals surface area contributed by atoms with Gasteiger partial charge in [0.2, 0.25) is 0 Å². The molecule has 134 valence electrons. The van der Waals surface area contributed by atoms with Crippen LogP contribution in [-0.2, 0) is 17.2 Å². The van der Waals surface area contributed by atoms with E-state index in [1.165, 1.54) is 5.56 Å². The fraction of sp³-hybridized carbons (Fsp3) is 0.429. The van der Waals surface area contributed by atoms with Crippen molar-refractivity contribution in [2.45, 2.75) is 47.0 Å². The first-order chi connectivity index (χ1) is 11.8. The minimum atomic E-state index is -0.411. The lowest BCUT2D eigenvalue weighted by Crippen LogP contribution is -2.11. The predicted molar refractivity (Wildman–Crippen MR) is 102 cm³/mol. The maximum atomic E-state index is 12.3. The van der Waals surface area contributed by atoms with Crippen molar-refractivity contribution >= 4 is 5.97 Å². The Morgan fingerprint density at radius 3 is 2.20 bits per heavy atom. The summed E-state index contributed by atoms with van der Waals surface area (Å²) in [5, 5.41) is 9.40. The van der Waals surface area contributed by atoms with Gasteiger partial charge < -0.3 is 9.30 Å². The van der Waals surface area contributed by atoms with E-state index >= 15 is 0 Å². The van der Waals surface area contributed by atoms with Gasteiger partial charge in [-0.2, -0.15) is 5.26 Å². The summed E-state index contributed by atoms with van der Waals surface area (Å²) < 4.78 is 6.79. The molecule has 0 radical (unpaired) electrons. The number of carbonyl (C=O) groups is 1. The van der Waals surface area contributed by atoms with Crippen LogP contribution in [0.2, 0.25) is 0 Å². The molecule has 0 aliphatic heterocycles. The molecule has 2 aromatic rings. The minimum Gasteiger partial charge on any atom is -0.461 e. The molecular formula is C21H28N2O2. The summed E-state index contributed by atoms with van der Waals surface area (Å²) in [6.07, 6.45) is 1.67. The van der Waals surface area contributed by atoms with Gasteiger partial charge in [0.1, 0.15) is 11.8 Å². The number of carbonyl (C=O) groups excluding carboxylic acids is 1. The van der Waals surface area contributed by atoms with Crippen LogP contribution in [0.4, 0.5) is 0 Å². The highest BCUT2D eigenvalue weighted by molar-refractivity contribution is 5.97. The van der Waals surface area contributed by atoms with Crippen molar-refractivity contribution in [1.29, 1.82) is 5.26 Å². The topological polar surface area (TPSA) is 55.0 Å². The summed E-state index contributed by atoms with van der Waals surface area (Å²) in [5.74, 6) is -0.411. The third-order valence-corrected chi connectivity index (χ3v) is 3.81. The molecule has 0 aliphatic rings. The average Bonchev–Trinajstić information content (AvgIpc) is 2.92.